The van der Waals surface area contributed by atoms with Crippen molar-refractivity contribution < 1.29 is 24.6 Å². The average Bonchev–Trinajstić information content (AvgIpc) is 2.88. The van der Waals surface area contributed by atoms with Gasteiger partial charge in [0.25, 0.3) is 0 Å². The van der Waals surface area contributed by atoms with E-state index in [-0.39, 0.29) is 17.3 Å². The zero-order valence-electron chi connectivity index (χ0n) is 13.2. The van der Waals surface area contributed by atoms with Crippen molar-refractivity contribution in [2.24, 2.45) is 10.2 Å². The number of hydrogen-bond acceptors (Lipinski definition) is 7. The Morgan fingerprint density at radius 1 is 1.44 bits per heavy atom. The fourth-order valence-corrected chi connectivity index (χ4v) is 2.78. The van der Waals surface area contributed by atoms with E-state index in [1.165, 1.54) is 19.2 Å². The van der Waals surface area contributed by atoms with Crippen molar-refractivity contribution in [1.29, 1.82) is 0 Å². The molecule has 25 heavy (non-hydrogen) atoms. The van der Waals surface area contributed by atoms with Gasteiger partial charge in [-0.2, -0.15) is 5.10 Å². The second-order valence-electron chi connectivity index (χ2n) is 5.14. The van der Waals surface area contributed by atoms with E-state index in [9.17, 15) is 19.5 Å². The number of hydrogen-bond donors (Lipinski definition) is 4. The smallest absolute Gasteiger partial charge is 0.325 e. The maximum atomic E-state index is 11.8. The second-order valence-corrected chi connectivity index (χ2v) is 6.33. The molecule has 9 nitrogen and oxygen atoms in total. The molecule has 10 heteroatoms. The first-order valence-electron chi connectivity index (χ1n) is 7.25. The largest absolute Gasteiger partial charge is 0.507 e. The molecule has 2 amide bonds. The molecule has 0 bridgehead atoms. The van der Waals surface area contributed by atoms with Crippen molar-refractivity contribution in [3.8, 4) is 5.75 Å². The Bertz CT molecular complexity index is 749. The van der Waals surface area contributed by atoms with Crippen LogP contribution < -0.4 is 10.6 Å². The van der Waals surface area contributed by atoms with Crippen LogP contribution in [0.2, 0.25) is 0 Å². The minimum atomic E-state index is -1.15. The number of carbonyl (C=O) groups is 3. The first-order valence-corrected chi connectivity index (χ1v) is 8.13. The first-order chi connectivity index (χ1) is 11.9. The summed E-state index contributed by atoms with van der Waals surface area (Å²) in [5.41, 5.74) is 0.472. The van der Waals surface area contributed by atoms with E-state index in [2.05, 4.69) is 20.8 Å². The average molecular weight is 364 g/mol. The van der Waals surface area contributed by atoms with Gasteiger partial charge in [-0.3, -0.25) is 14.4 Å². The highest BCUT2D eigenvalue weighted by Crippen LogP contribution is 2.22. The summed E-state index contributed by atoms with van der Waals surface area (Å²) in [6.45, 7) is 1.34. The number of nitrogens with one attached hydrogen (secondary N) is 2. The predicted octanol–water partition coefficient (Wildman–Crippen LogP) is 0.293. The number of amides is 2. The maximum absolute atomic E-state index is 11.8. The summed E-state index contributed by atoms with van der Waals surface area (Å²) in [6.07, 6.45) is 1.17. The van der Waals surface area contributed by atoms with Gasteiger partial charge in [0.1, 0.15) is 17.0 Å². The van der Waals surface area contributed by atoms with Crippen LogP contribution in [0.3, 0.4) is 0 Å². The van der Waals surface area contributed by atoms with Crippen molar-refractivity contribution in [2.75, 3.05) is 0 Å². The van der Waals surface area contributed by atoms with Crippen LogP contribution in [0, 0.1) is 0 Å². The van der Waals surface area contributed by atoms with Gasteiger partial charge in [0.05, 0.1) is 6.21 Å². The quantitative estimate of drug-likeness (QED) is 0.422. The van der Waals surface area contributed by atoms with Gasteiger partial charge >= 0.3 is 5.97 Å². The van der Waals surface area contributed by atoms with Gasteiger partial charge in [0.15, 0.2) is 5.17 Å². The van der Waals surface area contributed by atoms with Gasteiger partial charge in [-0.15, -0.1) is 5.10 Å². The predicted molar refractivity (Wildman–Crippen MR) is 92.5 cm³/mol. The molecule has 0 aliphatic carbocycles. The van der Waals surface area contributed by atoms with Crippen LogP contribution in [0.5, 0.6) is 5.75 Å². The molecule has 1 saturated heterocycles. The third kappa shape index (κ3) is 5.31. The number of thioether (sulfide) groups is 1. The zero-order chi connectivity index (χ0) is 18.4. The van der Waals surface area contributed by atoms with Crippen LogP contribution >= 0.6 is 11.8 Å². The molecule has 1 aliphatic heterocycles. The van der Waals surface area contributed by atoms with Crippen LogP contribution in [-0.2, 0) is 14.4 Å². The molecule has 1 aromatic rings. The van der Waals surface area contributed by atoms with Crippen molar-refractivity contribution in [1.82, 2.24) is 10.6 Å². The Labute approximate surface area is 147 Å². The lowest BCUT2D eigenvalue weighted by Gasteiger charge is -2.10. The van der Waals surface area contributed by atoms with Gasteiger partial charge in [-0.25, -0.2) is 0 Å². The number of aromatic hydroxyl groups is 1. The highest BCUT2D eigenvalue weighted by molar-refractivity contribution is 8.15. The Morgan fingerprint density at radius 3 is 2.84 bits per heavy atom. The summed E-state index contributed by atoms with van der Waals surface area (Å²) in [7, 11) is 0. The SMILES string of the molecule is CC(NC(=O)CC1S/C(=N\N=C\c2ccccc2O)NC1=O)C(=O)O. The van der Waals surface area contributed by atoms with Crippen molar-refractivity contribution in [3.05, 3.63) is 29.8 Å². The van der Waals surface area contributed by atoms with E-state index in [0.29, 0.717) is 5.56 Å². The molecule has 2 unspecified atom stereocenters. The first kappa shape index (κ1) is 18.5. The van der Waals surface area contributed by atoms with Crippen molar-refractivity contribution >= 4 is 40.9 Å². The number of benzene rings is 1. The molecule has 1 aliphatic rings. The minimum absolute atomic E-state index is 0.0525. The number of phenols is 1. The van der Waals surface area contributed by atoms with Crippen LogP contribution in [-0.4, -0.2) is 50.7 Å². The van der Waals surface area contributed by atoms with E-state index in [4.69, 9.17) is 5.11 Å². The summed E-state index contributed by atoms with van der Waals surface area (Å²) < 4.78 is 0. The molecule has 0 aromatic heterocycles. The summed E-state index contributed by atoms with van der Waals surface area (Å²) in [5.74, 6) is -2.05. The molecule has 2 atom stereocenters. The Hall–Kier alpha value is -2.88. The van der Waals surface area contributed by atoms with Crippen molar-refractivity contribution in [3.63, 3.8) is 0 Å². The van der Waals surface area contributed by atoms with E-state index < -0.39 is 29.1 Å². The molecule has 132 valence electrons. The van der Waals surface area contributed by atoms with E-state index >= 15 is 0 Å². The van der Waals surface area contributed by atoms with Crippen LogP contribution in [0.25, 0.3) is 0 Å². The topological polar surface area (TPSA) is 140 Å². The number of carboxylic acids is 1. The van der Waals surface area contributed by atoms with E-state index in [0.717, 1.165) is 11.8 Å². The number of amidine groups is 1. The number of aliphatic carboxylic acids is 1. The second kappa shape index (κ2) is 8.29. The molecular formula is C15H16N4O5S. The van der Waals surface area contributed by atoms with Crippen molar-refractivity contribution in [2.45, 2.75) is 24.6 Å². The molecule has 0 radical (unpaired) electrons. The third-order valence-corrected chi connectivity index (χ3v) is 4.25. The molecular weight excluding hydrogens is 348 g/mol. The number of carbonyl (C=O) groups excluding carboxylic acids is 2. The lowest BCUT2D eigenvalue weighted by molar-refractivity contribution is -0.141. The molecule has 0 saturated carbocycles. The third-order valence-electron chi connectivity index (χ3n) is 3.18. The molecule has 2 rings (SSSR count). The summed E-state index contributed by atoms with van der Waals surface area (Å²) >= 11 is 1.03. The summed E-state index contributed by atoms with van der Waals surface area (Å²) in [4.78, 5) is 34.3. The number of phenolic OH excluding ortho intramolecular Hbond substituents is 1. The normalized spacial score (nSPS) is 19.8. The lowest BCUT2D eigenvalue weighted by atomic mass is 10.2. The zero-order valence-corrected chi connectivity index (χ0v) is 14.0. The van der Waals surface area contributed by atoms with E-state index in [1.807, 2.05) is 0 Å². The molecule has 1 heterocycles. The van der Waals surface area contributed by atoms with Gasteiger partial charge in [0.2, 0.25) is 11.8 Å². The number of para-hydroxylation sites is 1. The van der Waals surface area contributed by atoms with Crippen LogP contribution in [0.4, 0.5) is 0 Å². The van der Waals surface area contributed by atoms with E-state index in [1.54, 1.807) is 18.2 Å². The highest BCUT2D eigenvalue weighted by atomic mass is 32.2. The summed E-state index contributed by atoms with van der Waals surface area (Å²) in [5, 5.41) is 30.3. The Balaban J connectivity index is 1.92. The maximum Gasteiger partial charge on any atom is 0.325 e. The van der Waals surface area contributed by atoms with Gasteiger partial charge < -0.3 is 20.8 Å². The number of rotatable bonds is 6. The van der Waals surface area contributed by atoms with Crippen LogP contribution in [0.15, 0.2) is 34.5 Å². The lowest BCUT2D eigenvalue weighted by Crippen LogP contribution is -2.40. The summed E-state index contributed by atoms with van der Waals surface area (Å²) in [6, 6.07) is 5.53. The standard InChI is InChI=1S/C15H16N4O5S/c1-8(14(23)24)17-12(21)6-11-13(22)18-15(25-11)19-16-7-9-4-2-3-5-10(9)20/h2-5,7-8,11,20H,6H2,1H3,(H,17,21)(H,23,24)(H,18,19,22)/b16-7+. The number of carboxylic acid groups (broad SMARTS) is 1. The Morgan fingerprint density at radius 2 is 2.16 bits per heavy atom. The van der Waals surface area contributed by atoms with Gasteiger partial charge in [-0.1, -0.05) is 23.9 Å². The molecule has 1 aromatic carbocycles. The molecule has 4 N–H and O–H groups in total. The molecule has 0 spiro atoms. The fraction of sp³-hybridized carbons (Fsp3) is 0.267. The van der Waals surface area contributed by atoms with Gasteiger partial charge in [-0.05, 0) is 19.1 Å². The van der Waals surface area contributed by atoms with Crippen LogP contribution in [0.1, 0.15) is 18.9 Å². The minimum Gasteiger partial charge on any atom is -0.507 e. The Kier molecular flexibility index (Phi) is 6.12. The highest BCUT2D eigenvalue weighted by Gasteiger charge is 2.32. The van der Waals surface area contributed by atoms with Gasteiger partial charge in [0, 0.05) is 12.0 Å². The molecule has 1 fully saturated rings. The number of nitrogens with zero attached hydrogens (tertiary/aromatic N) is 2. The fourth-order valence-electron chi connectivity index (χ4n) is 1.86. The monoisotopic (exact) mass is 364 g/mol.